The molecule has 0 aromatic heterocycles. The van der Waals surface area contributed by atoms with Crippen molar-refractivity contribution in [1.29, 1.82) is 0 Å². The lowest BCUT2D eigenvalue weighted by molar-refractivity contribution is 1.28. The van der Waals surface area contributed by atoms with E-state index in [4.69, 9.17) is 0 Å². The van der Waals surface area contributed by atoms with Crippen LogP contribution in [0.5, 0.6) is 0 Å². The molecule has 0 unspecified atom stereocenters. The maximum absolute atomic E-state index is 2.43. The second-order valence-electron chi connectivity index (χ2n) is 6.56. The van der Waals surface area contributed by atoms with Crippen molar-refractivity contribution in [3.05, 3.63) is 83.9 Å². The fourth-order valence-electron chi connectivity index (χ4n) is 4.49. The van der Waals surface area contributed by atoms with E-state index < -0.39 is 0 Å². The Bertz CT molecular complexity index is 1130. The topological polar surface area (TPSA) is 0 Å². The lowest BCUT2D eigenvalue weighted by Gasteiger charge is -2.09. The summed E-state index contributed by atoms with van der Waals surface area (Å²) in [7, 11) is 0. The van der Waals surface area contributed by atoms with Gasteiger partial charge in [-0.2, -0.15) is 0 Å². The molecule has 4 aromatic rings. The summed E-state index contributed by atoms with van der Waals surface area (Å²) in [5, 5.41) is 2.88. The van der Waals surface area contributed by atoms with Gasteiger partial charge in [-0.3, -0.25) is 0 Å². The molecule has 0 aliphatic heterocycles. The monoisotopic (exact) mass is 290 g/mol. The predicted molar refractivity (Wildman–Crippen MR) is 96.6 cm³/mol. The van der Waals surface area contributed by atoms with Crippen LogP contribution in [0.4, 0.5) is 0 Å². The zero-order valence-corrected chi connectivity index (χ0v) is 12.6. The Hall–Kier alpha value is -2.86. The molecule has 4 aromatic carbocycles. The molecule has 0 saturated heterocycles. The fourth-order valence-corrected chi connectivity index (χ4v) is 4.49. The van der Waals surface area contributed by atoms with E-state index >= 15 is 0 Å². The van der Waals surface area contributed by atoms with Crippen LogP contribution in [0.3, 0.4) is 0 Å². The van der Waals surface area contributed by atoms with Crippen LogP contribution >= 0.6 is 0 Å². The quantitative estimate of drug-likeness (QED) is 0.319. The van der Waals surface area contributed by atoms with Gasteiger partial charge in [-0.25, -0.2) is 0 Å². The highest BCUT2D eigenvalue weighted by atomic mass is 14.3. The van der Waals surface area contributed by atoms with Gasteiger partial charge < -0.3 is 0 Å². The third-order valence-electron chi connectivity index (χ3n) is 5.45. The molecule has 0 saturated carbocycles. The summed E-state index contributed by atoms with van der Waals surface area (Å²) in [6, 6.07) is 26.9. The number of fused-ring (bicyclic) bond motifs is 7. The van der Waals surface area contributed by atoms with Crippen molar-refractivity contribution in [2.75, 3.05) is 0 Å². The van der Waals surface area contributed by atoms with E-state index in [9.17, 15) is 0 Å². The largest absolute Gasteiger partial charge is 0.0619 e. The van der Waals surface area contributed by atoms with Gasteiger partial charge in [-0.15, -0.1) is 0 Å². The molecule has 106 valence electrons. The van der Waals surface area contributed by atoms with Gasteiger partial charge in [0.15, 0.2) is 0 Å². The molecule has 0 radical (unpaired) electrons. The summed E-state index contributed by atoms with van der Waals surface area (Å²) in [6.45, 7) is 0. The first kappa shape index (κ1) is 11.7. The molecule has 0 nitrogen and oxygen atoms in total. The molecule has 23 heavy (non-hydrogen) atoms. The summed E-state index contributed by atoms with van der Waals surface area (Å²) in [6.07, 6.45) is 1.06. The Labute approximate surface area is 135 Å². The molecule has 6 rings (SSSR count). The first-order valence-electron chi connectivity index (χ1n) is 8.18. The fraction of sp³-hybridized carbons (Fsp3) is 0.0435. The summed E-state index contributed by atoms with van der Waals surface area (Å²) >= 11 is 0. The van der Waals surface area contributed by atoms with Crippen LogP contribution in [0, 0.1) is 0 Å². The minimum Gasteiger partial charge on any atom is -0.0619 e. The molecular weight excluding hydrogens is 276 g/mol. The van der Waals surface area contributed by atoms with Gasteiger partial charge in [0.05, 0.1) is 0 Å². The first-order valence-corrected chi connectivity index (χ1v) is 8.18. The van der Waals surface area contributed by atoms with Crippen molar-refractivity contribution < 1.29 is 0 Å². The van der Waals surface area contributed by atoms with E-state index in [1.54, 1.807) is 0 Å². The van der Waals surface area contributed by atoms with Crippen LogP contribution in [0.2, 0.25) is 0 Å². The average Bonchev–Trinajstić information content (AvgIpc) is 3.14. The van der Waals surface area contributed by atoms with E-state index in [1.165, 1.54) is 55.3 Å². The molecule has 0 spiro atoms. The van der Waals surface area contributed by atoms with Gasteiger partial charge in [-0.1, -0.05) is 66.7 Å². The molecule has 2 aliphatic rings. The van der Waals surface area contributed by atoms with E-state index in [2.05, 4.69) is 72.8 Å². The third-order valence-corrected chi connectivity index (χ3v) is 5.45. The van der Waals surface area contributed by atoms with Crippen molar-refractivity contribution in [3.8, 4) is 33.4 Å². The smallest absolute Gasteiger partial charge is 0.000727 e. The molecule has 0 atom stereocenters. The lowest BCUT2D eigenvalue weighted by atomic mass is 9.94. The van der Waals surface area contributed by atoms with Crippen molar-refractivity contribution in [2.24, 2.45) is 0 Å². The van der Waals surface area contributed by atoms with Gasteiger partial charge >= 0.3 is 0 Å². The molecule has 0 amide bonds. The molecule has 2 aliphatic carbocycles. The zero-order valence-electron chi connectivity index (χ0n) is 12.6. The van der Waals surface area contributed by atoms with Crippen LogP contribution in [0.1, 0.15) is 11.1 Å². The Kier molecular flexibility index (Phi) is 1.98. The Morgan fingerprint density at radius 1 is 0.522 bits per heavy atom. The summed E-state index contributed by atoms with van der Waals surface area (Å²) in [4.78, 5) is 0. The lowest BCUT2D eigenvalue weighted by Crippen LogP contribution is -1.86. The second-order valence-corrected chi connectivity index (χ2v) is 6.56. The van der Waals surface area contributed by atoms with Crippen LogP contribution in [-0.2, 0) is 6.42 Å². The third kappa shape index (κ3) is 1.33. The van der Waals surface area contributed by atoms with E-state index in [-0.39, 0.29) is 0 Å². The van der Waals surface area contributed by atoms with Gasteiger partial charge in [0.1, 0.15) is 0 Å². The van der Waals surface area contributed by atoms with Crippen molar-refractivity contribution in [3.63, 3.8) is 0 Å². The Morgan fingerprint density at radius 3 is 2.09 bits per heavy atom. The van der Waals surface area contributed by atoms with Crippen LogP contribution in [0.25, 0.3) is 44.2 Å². The van der Waals surface area contributed by atoms with Crippen molar-refractivity contribution >= 4 is 10.8 Å². The second kappa shape index (κ2) is 3.91. The van der Waals surface area contributed by atoms with Gasteiger partial charge in [0, 0.05) is 0 Å². The molecule has 0 fully saturated rings. The SMILES string of the molecule is c1ccc2c(c1)Cc1c-2cc2c3c(cccc13)-c1ccccc1-2. The van der Waals surface area contributed by atoms with E-state index in [0.29, 0.717) is 0 Å². The number of hydrogen-bond acceptors (Lipinski definition) is 0. The first-order chi connectivity index (χ1) is 11.4. The molecule has 0 bridgehead atoms. The summed E-state index contributed by atoms with van der Waals surface area (Å²) in [5.41, 5.74) is 11.4. The maximum atomic E-state index is 2.43. The maximum Gasteiger partial charge on any atom is -0.000727 e. The number of hydrogen-bond donors (Lipinski definition) is 0. The molecule has 0 heteroatoms. The predicted octanol–water partition coefficient (Wildman–Crippen LogP) is 6.06. The summed E-state index contributed by atoms with van der Waals surface area (Å²) in [5.74, 6) is 0. The summed E-state index contributed by atoms with van der Waals surface area (Å²) < 4.78 is 0. The Morgan fingerprint density at radius 2 is 1.22 bits per heavy atom. The molecule has 0 N–H and O–H groups in total. The van der Waals surface area contributed by atoms with Gasteiger partial charge in [0.2, 0.25) is 0 Å². The van der Waals surface area contributed by atoms with Crippen LogP contribution in [-0.4, -0.2) is 0 Å². The normalized spacial score (nSPS) is 13.0. The average molecular weight is 290 g/mol. The standard InChI is InChI=1S/C23H14/c1-2-7-15-14(6-1)12-20-19-11-5-10-18-16-8-3-4-9-17(16)22(23(18)19)13-21(15)20/h1-11,13H,12H2. The zero-order chi connectivity index (χ0) is 15.0. The van der Waals surface area contributed by atoms with Crippen molar-refractivity contribution in [2.45, 2.75) is 6.42 Å². The van der Waals surface area contributed by atoms with Gasteiger partial charge in [-0.05, 0) is 67.8 Å². The minimum atomic E-state index is 1.06. The number of benzene rings is 4. The highest BCUT2D eigenvalue weighted by Gasteiger charge is 2.27. The number of rotatable bonds is 0. The van der Waals surface area contributed by atoms with E-state index in [1.807, 2.05) is 0 Å². The highest BCUT2D eigenvalue weighted by molar-refractivity contribution is 6.18. The van der Waals surface area contributed by atoms with Crippen molar-refractivity contribution in [1.82, 2.24) is 0 Å². The Balaban J connectivity index is 1.82. The van der Waals surface area contributed by atoms with E-state index in [0.717, 1.165) is 6.42 Å². The molecular formula is C23H14. The minimum absolute atomic E-state index is 1.06. The molecule has 0 heterocycles. The highest BCUT2D eigenvalue weighted by Crippen LogP contribution is 2.52. The van der Waals surface area contributed by atoms with Crippen LogP contribution < -0.4 is 0 Å². The van der Waals surface area contributed by atoms with Crippen LogP contribution in [0.15, 0.2) is 72.8 Å². The van der Waals surface area contributed by atoms with Gasteiger partial charge in [0.25, 0.3) is 0 Å².